The van der Waals surface area contributed by atoms with Crippen LogP contribution in [0.15, 0.2) is 12.5 Å². The second kappa shape index (κ2) is 6.07. The number of hydrogen-bond acceptors (Lipinski definition) is 5. The lowest BCUT2D eigenvalue weighted by Crippen LogP contribution is -2.38. The topological polar surface area (TPSA) is 107 Å². The molecule has 1 aromatic heterocycles. The maximum absolute atomic E-state index is 12.5. The molecule has 116 valence electrons. The Morgan fingerprint density at radius 2 is 2.19 bits per heavy atom. The number of imidazole rings is 1. The van der Waals surface area contributed by atoms with Gasteiger partial charge in [0.15, 0.2) is 0 Å². The first-order valence-electron chi connectivity index (χ1n) is 6.82. The summed E-state index contributed by atoms with van der Waals surface area (Å²) < 4.78 is 3.37. The van der Waals surface area contributed by atoms with Crippen molar-refractivity contribution in [2.24, 2.45) is 23.3 Å². The largest absolute Gasteiger partial charge is 0.369 e. The number of rotatable bonds is 5. The zero-order valence-corrected chi connectivity index (χ0v) is 13.2. The van der Waals surface area contributed by atoms with Gasteiger partial charge in [0, 0.05) is 19.8 Å². The summed E-state index contributed by atoms with van der Waals surface area (Å²) in [5.41, 5.74) is 12.4. The lowest BCUT2D eigenvalue weighted by Gasteiger charge is -2.26. The summed E-state index contributed by atoms with van der Waals surface area (Å²) in [5.74, 6) is -0.789. The number of nitrogens with zero attached hydrogens (tertiary/aromatic N) is 3. The second-order valence-electron chi connectivity index (χ2n) is 5.61. The van der Waals surface area contributed by atoms with E-state index in [0.717, 1.165) is 5.69 Å². The average molecular weight is 311 g/mol. The van der Waals surface area contributed by atoms with E-state index in [4.69, 9.17) is 11.5 Å². The number of carbonyl (C=O) groups is 2. The Morgan fingerprint density at radius 3 is 2.71 bits per heavy atom. The highest BCUT2D eigenvalue weighted by atomic mass is 32.2. The molecule has 1 aliphatic heterocycles. The molecule has 1 aliphatic rings. The van der Waals surface area contributed by atoms with Crippen molar-refractivity contribution in [2.45, 2.75) is 31.7 Å². The summed E-state index contributed by atoms with van der Waals surface area (Å²) in [5, 5.41) is -0.433. The van der Waals surface area contributed by atoms with E-state index in [-0.39, 0.29) is 23.8 Å². The first-order chi connectivity index (χ1) is 9.82. The van der Waals surface area contributed by atoms with E-state index in [1.807, 2.05) is 18.4 Å². The summed E-state index contributed by atoms with van der Waals surface area (Å²) in [4.78, 5) is 28.0. The number of aromatic nitrogens is 2. The van der Waals surface area contributed by atoms with Crippen LogP contribution >= 0.6 is 11.9 Å². The van der Waals surface area contributed by atoms with Crippen LogP contribution in [0.5, 0.6) is 0 Å². The fourth-order valence-electron chi connectivity index (χ4n) is 2.48. The van der Waals surface area contributed by atoms with Crippen LogP contribution in [0, 0.1) is 11.8 Å². The third-order valence-electron chi connectivity index (χ3n) is 3.70. The van der Waals surface area contributed by atoms with Crippen LogP contribution in [0.2, 0.25) is 0 Å². The SMILES string of the molecule is CC(C)C(SN(C)C(=O)C1Cn2cncc2C1N)C(N)=O. The van der Waals surface area contributed by atoms with Gasteiger partial charge in [0.1, 0.15) is 5.25 Å². The number of fused-ring (bicyclic) bond motifs is 1. The lowest BCUT2D eigenvalue weighted by atomic mass is 10.0. The van der Waals surface area contributed by atoms with Crippen molar-refractivity contribution in [1.29, 1.82) is 0 Å². The van der Waals surface area contributed by atoms with Gasteiger partial charge < -0.3 is 16.0 Å². The highest BCUT2D eigenvalue weighted by molar-refractivity contribution is 7.98. The first kappa shape index (κ1) is 15.8. The van der Waals surface area contributed by atoms with Crippen molar-refractivity contribution in [1.82, 2.24) is 13.9 Å². The fraction of sp³-hybridized carbons (Fsp3) is 0.615. The monoisotopic (exact) mass is 311 g/mol. The number of primary amides is 1. The van der Waals surface area contributed by atoms with Crippen LogP contribution in [-0.4, -0.2) is 38.0 Å². The third kappa shape index (κ3) is 3.06. The molecular weight excluding hydrogens is 290 g/mol. The molecule has 0 aromatic carbocycles. The Hall–Kier alpha value is -1.54. The van der Waals surface area contributed by atoms with E-state index in [9.17, 15) is 9.59 Å². The maximum Gasteiger partial charge on any atom is 0.239 e. The lowest BCUT2D eigenvalue weighted by molar-refractivity contribution is -0.130. The molecule has 0 saturated carbocycles. The van der Waals surface area contributed by atoms with Gasteiger partial charge in [-0.15, -0.1) is 0 Å². The summed E-state index contributed by atoms with van der Waals surface area (Å²) in [6.07, 6.45) is 3.36. The van der Waals surface area contributed by atoms with Gasteiger partial charge in [-0.3, -0.25) is 13.9 Å². The van der Waals surface area contributed by atoms with Crippen LogP contribution in [0.3, 0.4) is 0 Å². The van der Waals surface area contributed by atoms with Crippen molar-refractivity contribution >= 4 is 23.8 Å². The minimum Gasteiger partial charge on any atom is -0.369 e. The molecular formula is C13H21N5O2S. The molecule has 0 spiro atoms. The van der Waals surface area contributed by atoms with Crippen molar-refractivity contribution < 1.29 is 9.59 Å². The molecule has 7 nitrogen and oxygen atoms in total. The number of carbonyl (C=O) groups excluding carboxylic acids is 2. The molecule has 2 amide bonds. The van der Waals surface area contributed by atoms with Crippen LogP contribution in [0.4, 0.5) is 0 Å². The fourth-order valence-corrected chi connectivity index (χ4v) is 3.41. The summed E-state index contributed by atoms with van der Waals surface area (Å²) in [6.45, 7) is 4.32. The van der Waals surface area contributed by atoms with E-state index in [1.54, 1.807) is 19.6 Å². The van der Waals surface area contributed by atoms with E-state index in [0.29, 0.717) is 6.54 Å². The van der Waals surface area contributed by atoms with Crippen LogP contribution in [0.1, 0.15) is 25.6 Å². The zero-order valence-electron chi connectivity index (χ0n) is 12.4. The Labute approximate surface area is 128 Å². The standard InChI is InChI=1S/C13H21N5O2S/c1-7(2)11(12(15)19)21-17(3)13(20)8-5-18-6-16-4-9(18)10(8)14/h4,6-8,10-11H,5,14H2,1-3H3,(H2,15,19). The van der Waals surface area contributed by atoms with Crippen LogP contribution in [0.25, 0.3) is 0 Å². The normalized spacial score (nSPS) is 22.1. The Balaban J connectivity index is 2.04. The number of hydrogen-bond donors (Lipinski definition) is 2. The van der Waals surface area contributed by atoms with Gasteiger partial charge in [-0.2, -0.15) is 0 Å². The number of nitrogens with two attached hydrogens (primary N) is 2. The molecule has 3 atom stereocenters. The van der Waals surface area contributed by atoms with E-state index in [2.05, 4.69) is 4.98 Å². The van der Waals surface area contributed by atoms with E-state index in [1.165, 1.54) is 16.3 Å². The average Bonchev–Trinajstić information content (AvgIpc) is 2.97. The van der Waals surface area contributed by atoms with Gasteiger partial charge in [0.05, 0.1) is 24.0 Å². The Kier molecular flexibility index (Phi) is 4.58. The van der Waals surface area contributed by atoms with Crippen molar-refractivity contribution in [2.75, 3.05) is 7.05 Å². The predicted molar refractivity (Wildman–Crippen MR) is 80.8 cm³/mol. The Bertz CT molecular complexity index is 544. The minimum absolute atomic E-state index is 0.0537. The molecule has 21 heavy (non-hydrogen) atoms. The Morgan fingerprint density at radius 1 is 1.52 bits per heavy atom. The number of amides is 2. The van der Waals surface area contributed by atoms with Gasteiger partial charge in [0.25, 0.3) is 0 Å². The molecule has 2 rings (SSSR count). The molecule has 4 N–H and O–H groups in total. The van der Waals surface area contributed by atoms with Crippen molar-refractivity contribution in [3.05, 3.63) is 18.2 Å². The molecule has 0 saturated heterocycles. The predicted octanol–water partition coefficient (Wildman–Crippen LogP) is 0.129. The molecule has 0 bridgehead atoms. The van der Waals surface area contributed by atoms with Crippen molar-refractivity contribution in [3.8, 4) is 0 Å². The molecule has 0 fully saturated rings. The molecule has 1 aromatic rings. The first-order valence-corrected chi connectivity index (χ1v) is 7.65. The van der Waals surface area contributed by atoms with Crippen molar-refractivity contribution in [3.63, 3.8) is 0 Å². The maximum atomic E-state index is 12.5. The molecule has 2 heterocycles. The highest BCUT2D eigenvalue weighted by Gasteiger charge is 2.38. The molecule has 8 heteroatoms. The third-order valence-corrected chi connectivity index (χ3v) is 5.20. The molecule has 3 unspecified atom stereocenters. The minimum atomic E-state index is -0.433. The van der Waals surface area contributed by atoms with Gasteiger partial charge in [0.2, 0.25) is 11.8 Å². The molecule has 0 radical (unpaired) electrons. The summed E-state index contributed by atoms with van der Waals surface area (Å²) in [7, 11) is 1.66. The van der Waals surface area contributed by atoms with Gasteiger partial charge in [-0.1, -0.05) is 13.8 Å². The van der Waals surface area contributed by atoms with Gasteiger partial charge >= 0.3 is 0 Å². The second-order valence-corrected chi connectivity index (χ2v) is 6.88. The quantitative estimate of drug-likeness (QED) is 0.752. The van der Waals surface area contributed by atoms with Gasteiger partial charge in [-0.05, 0) is 17.9 Å². The van der Waals surface area contributed by atoms with E-state index < -0.39 is 11.2 Å². The van der Waals surface area contributed by atoms with E-state index >= 15 is 0 Å². The highest BCUT2D eigenvalue weighted by Crippen LogP contribution is 2.32. The van der Waals surface area contributed by atoms with Crippen LogP contribution < -0.4 is 11.5 Å². The van der Waals surface area contributed by atoms with Gasteiger partial charge in [-0.25, -0.2) is 4.98 Å². The summed E-state index contributed by atoms with van der Waals surface area (Å²) >= 11 is 1.17. The van der Waals surface area contributed by atoms with Crippen LogP contribution in [-0.2, 0) is 16.1 Å². The smallest absolute Gasteiger partial charge is 0.239 e. The zero-order chi connectivity index (χ0) is 15.7. The molecule has 0 aliphatic carbocycles. The summed E-state index contributed by atoms with van der Waals surface area (Å²) in [6, 6.07) is -0.367.